The van der Waals surface area contributed by atoms with E-state index in [0.717, 1.165) is 34.0 Å². The van der Waals surface area contributed by atoms with Gasteiger partial charge in [-0.3, -0.25) is 14.3 Å². The number of nitrogens with one attached hydrogen (secondary N) is 2. The Kier molecular flexibility index (Phi) is 7.88. The summed E-state index contributed by atoms with van der Waals surface area (Å²) in [4.78, 5) is 24.9. The van der Waals surface area contributed by atoms with Gasteiger partial charge in [-0.05, 0) is 73.5 Å². The van der Waals surface area contributed by atoms with Crippen LogP contribution in [0, 0.1) is 13.8 Å². The number of aryl methyl sites for hydroxylation is 1. The van der Waals surface area contributed by atoms with E-state index >= 15 is 0 Å². The fraction of sp³-hybridized carbons (Fsp3) is 0.207. The number of methoxy groups -OCH3 is 1. The maximum Gasteiger partial charge on any atom is 0.255 e. The molecule has 2 amide bonds. The molecule has 4 rings (SSSR count). The quantitative estimate of drug-likeness (QED) is 0.347. The predicted molar refractivity (Wildman–Crippen MR) is 142 cm³/mol. The van der Waals surface area contributed by atoms with Crippen molar-refractivity contribution < 1.29 is 19.1 Å². The van der Waals surface area contributed by atoms with Crippen LogP contribution in [-0.4, -0.2) is 35.8 Å². The van der Waals surface area contributed by atoms with Crippen molar-refractivity contribution in [2.75, 3.05) is 19.5 Å². The molecule has 3 aromatic carbocycles. The number of hydrogen-bond donors (Lipinski definition) is 2. The molecule has 0 aliphatic heterocycles. The molecule has 0 aliphatic carbocycles. The van der Waals surface area contributed by atoms with Gasteiger partial charge < -0.3 is 20.1 Å². The van der Waals surface area contributed by atoms with Crippen LogP contribution in [-0.2, 0) is 13.2 Å². The highest BCUT2D eigenvalue weighted by Crippen LogP contribution is 2.22. The zero-order valence-electron chi connectivity index (χ0n) is 21.4. The summed E-state index contributed by atoms with van der Waals surface area (Å²) >= 11 is 0. The minimum atomic E-state index is -0.213. The van der Waals surface area contributed by atoms with Gasteiger partial charge in [-0.25, -0.2) is 0 Å². The largest absolute Gasteiger partial charge is 0.497 e. The molecular formula is C29H30N4O4. The van der Waals surface area contributed by atoms with Crippen LogP contribution in [0.1, 0.15) is 43.2 Å². The average molecular weight is 499 g/mol. The number of aromatic nitrogens is 2. The first-order chi connectivity index (χ1) is 17.9. The lowest BCUT2D eigenvalue weighted by molar-refractivity contribution is 0.0962. The minimum Gasteiger partial charge on any atom is -0.497 e. The van der Waals surface area contributed by atoms with Crippen molar-refractivity contribution in [3.8, 4) is 11.5 Å². The summed E-state index contributed by atoms with van der Waals surface area (Å²) in [6, 6.07) is 22.1. The maximum atomic E-state index is 13.0. The Morgan fingerprint density at radius 3 is 2.24 bits per heavy atom. The molecule has 8 nitrogen and oxygen atoms in total. The van der Waals surface area contributed by atoms with Crippen molar-refractivity contribution in [3.05, 3.63) is 106 Å². The van der Waals surface area contributed by atoms with E-state index in [4.69, 9.17) is 9.47 Å². The molecule has 190 valence electrons. The number of nitrogens with zero attached hydrogens (tertiary/aromatic N) is 2. The summed E-state index contributed by atoms with van der Waals surface area (Å²) in [6.07, 6.45) is 0. The first-order valence-electron chi connectivity index (χ1n) is 11.9. The monoisotopic (exact) mass is 498 g/mol. The highest BCUT2D eigenvalue weighted by Gasteiger charge is 2.16. The molecule has 0 saturated heterocycles. The highest BCUT2D eigenvalue weighted by atomic mass is 16.5. The van der Waals surface area contributed by atoms with Gasteiger partial charge in [0.1, 0.15) is 18.1 Å². The Balaban J connectivity index is 1.39. The van der Waals surface area contributed by atoms with E-state index in [9.17, 15) is 9.59 Å². The smallest absolute Gasteiger partial charge is 0.255 e. The van der Waals surface area contributed by atoms with Gasteiger partial charge in [-0.2, -0.15) is 5.10 Å². The van der Waals surface area contributed by atoms with Gasteiger partial charge in [0.05, 0.1) is 30.7 Å². The Hall–Kier alpha value is -4.59. The summed E-state index contributed by atoms with van der Waals surface area (Å²) in [7, 11) is 3.23. The molecule has 0 radical (unpaired) electrons. The van der Waals surface area contributed by atoms with Crippen molar-refractivity contribution >= 4 is 17.5 Å². The zero-order valence-corrected chi connectivity index (χ0v) is 21.4. The predicted octanol–water partition coefficient (Wildman–Crippen LogP) is 4.75. The van der Waals surface area contributed by atoms with Crippen molar-refractivity contribution in [2.45, 2.75) is 27.0 Å². The molecule has 0 spiro atoms. The van der Waals surface area contributed by atoms with E-state index in [0.29, 0.717) is 30.0 Å². The molecule has 0 fully saturated rings. The van der Waals surface area contributed by atoms with Gasteiger partial charge in [-0.1, -0.05) is 24.3 Å². The van der Waals surface area contributed by atoms with Gasteiger partial charge in [0.2, 0.25) is 0 Å². The first kappa shape index (κ1) is 25.5. The van der Waals surface area contributed by atoms with Crippen LogP contribution in [0.15, 0.2) is 72.8 Å². The summed E-state index contributed by atoms with van der Waals surface area (Å²) in [6.45, 7) is 4.65. The van der Waals surface area contributed by atoms with Crippen LogP contribution in [0.2, 0.25) is 0 Å². The normalized spacial score (nSPS) is 10.6. The second kappa shape index (κ2) is 11.4. The van der Waals surface area contributed by atoms with Crippen molar-refractivity contribution in [1.29, 1.82) is 0 Å². The zero-order chi connectivity index (χ0) is 26.4. The second-order valence-corrected chi connectivity index (χ2v) is 8.60. The third kappa shape index (κ3) is 6.16. The summed E-state index contributed by atoms with van der Waals surface area (Å²) in [5.41, 5.74) is 5.26. The molecule has 0 saturated carbocycles. The average Bonchev–Trinajstić information content (AvgIpc) is 3.19. The molecule has 4 aromatic rings. The SMILES string of the molecule is CNC(=O)c1cccc(Cn2nc(C)c(NC(=O)c3ccc(COc4ccc(OC)cc4)cc3)c2C)c1. The number of hydrogen-bond acceptors (Lipinski definition) is 5. The van der Waals surface area contributed by atoms with Crippen LogP contribution in [0.4, 0.5) is 5.69 Å². The molecule has 1 aromatic heterocycles. The lowest BCUT2D eigenvalue weighted by Gasteiger charge is -2.10. The van der Waals surface area contributed by atoms with Crippen molar-refractivity contribution in [2.24, 2.45) is 0 Å². The van der Waals surface area contributed by atoms with Crippen LogP contribution in [0.3, 0.4) is 0 Å². The molecule has 8 heteroatoms. The number of benzene rings is 3. The summed E-state index contributed by atoms with van der Waals surface area (Å²) in [5, 5.41) is 10.2. The molecular weight excluding hydrogens is 468 g/mol. The minimum absolute atomic E-state index is 0.138. The third-order valence-electron chi connectivity index (χ3n) is 6.05. The Labute approximate surface area is 216 Å². The van der Waals surface area contributed by atoms with Crippen LogP contribution in [0.25, 0.3) is 0 Å². The van der Waals surface area contributed by atoms with Gasteiger partial charge in [0, 0.05) is 18.2 Å². The number of anilines is 1. The molecule has 0 bridgehead atoms. The number of carbonyl (C=O) groups is 2. The van der Waals surface area contributed by atoms with E-state index in [1.807, 2.05) is 73.1 Å². The number of ether oxygens (including phenoxy) is 2. The van der Waals surface area contributed by atoms with E-state index in [1.165, 1.54) is 0 Å². The van der Waals surface area contributed by atoms with E-state index in [-0.39, 0.29) is 11.8 Å². The number of amides is 2. The molecule has 1 heterocycles. The molecule has 37 heavy (non-hydrogen) atoms. The second-order valence-electron chi connectivity index (χ2n) is 8.60. The standard InChI is InChI=1S/C29H30N4O4/c1-19-27(20(2)33(32-19)17-22-6-5-7-24(16-22)28(34)30-3)31-29(35)23-10-8-21(9-11-23)18-37-26-14-12-25(36-4)13-15-26/h5-16H,17-18H2,1-4H3,(H,30,34)(H,31,35). The van der Waals surface area contributed by atoms with Crippen LogP contribution in [0.5, 0.6) is 11.5 Å². The topological polar surface area (TPSA) is 94.5 Å². The number of rotatable bonds is 9. The van der Waals surface area contributed by atoms with Crippen molar-refractivity contribution in [1.82, 2.24) is 15.1 Å². The van der Waals surface area contributed by atoms with Crippen LogP contribution >= 0.6 is 0 Å². The lowest BCUT2D eigenvalue weighted by Crippen LogP contribution is -2.18. The molecule has 0 atom stereocenters. The third-order valence-corrected chi connectivity index (χ3v) is 6.05. The molecule has 0 unspecified atom stereocenters. The van der Waals surface area contributed by atoms with Crippen molar-refractivity contribution in [3.63, 3.8) is 0 Å². The Morgan fingerprint density at radius 2 is 1.57 bits per heavy atom. The van der Waals surface area contributed by atoms with Gasteiger partial charge in [0.15, 0.2) is 0 Å². The van der Waals surface area contributed by atoms with E-state index in [2.05, 4.69) is 15.7 Å². The van der Waals surface area contributed by atoms with Gasteiger partial charge >= 0.3 is 0 Å². The molecule has 2 N–H and O–H groups in total. The summed E-state index contributed by atoms with van der Waals surface area (Å²) in [5.74, 6) is 1.16. The summed E-state index contributed by atoms with van der Waals surface area (Å²) < 4.78 is 12.8. The van der Waals surface area contributed by atoms with E-state index < -0.39 is 0 Å². The maximum absolute atomic E-state index is 13.0. The first-order valence-corrected chi connectivity index (χ1v) is 11.9. The van der Waals surface area contributed by atoms with E-state index in [1.54, 1.807) is 32.4 Å². The Bertz CT molecular complexity index is 1390. The lowest BCUT2D eigenvalue weighted by atomic mass is 10.1. The van der Waals surface area contributed by atoms with Gasteiger partial charge in [0.25, 0.3) is 11.8 Å². The fourth-order valence-corrected chi connectivity index (χ4v) is 3.94. The Morgan fingerprint density at radius 1 is 0.865 bits per heavy atom. The highest BCUT2D eigenvalue weighted by molar-refractivity contribution is 6.04. The fourth-order valence-electron chi connectivity index (χ4n) is 3.94. The van der Waals surface area contributed by atoms with Gasteiger partial charge in [-0.15, -0.1) is 0 Å². The number of carbonyl (C=O) groups excluding carboxylic acids is 2. The molecule has 0 aliphatic rings. The van der Waals surface area contributed by atoms with Crippen LogP contribution < -0.4 is 20.1 Å².